The molecule has 2 rings (SSSR count). The van der Waals surface area contributed by atoms with Crippen molar-refractivity contribution >= 4 is 16.1 Å². The molecule has 1 heterocycles. The van der Waals surface area contributed by atoms with Gasteiger partial charge in [0.2, 0.25) is 10.0 Å². The van der Waals surface area contributed by atoms with Gasteiger partial charge in [0.05, 0.1) is 11.5 Å². The molecular weight excluding hydrogens is 380 g/mol. The van der Waals surface area contributed by atoms with Crippen molar-refractivity contribution in [3.8, 4) is 5.75 Å². The number of amides is 1. The molecule has 1 N–H and O–H groups in total. The molecule has 0 aliphatic carbocycles. The second-order valence-corrected chi connectivity index (χ2v) is 9.90. The summed E-state index contributed by atoms with van der Waals surface area (Å²) in [5.41, 5.74) is 0.186. The fourth-order valence-corrected chi connectivity index (χ4v) is 5.02. The van der Waals surface area contributed by atoms with Crippen molar-refractivity contribution in [3.05, 3.63) is 23.8 Å². The van der Waals surface area contributed by atoms with Crippen molar-refractivity contribution in [2.24, 2.45) is 0 Å². The Bertz CT molecular complexity index is 786. The van der Waals surface area contributed by atoms with E-state index in [1.54, 1.807) is 39.0 Å². The highest BCUT2D eigenvalue weighted by Crippen LogP contribution is 2.28. The monoisotopic (exact) mass is 412 g/mol. The molecular formula is C20H32N2O5S. The van der Waals surface area contributed by atoms with Crippen LogP contribution < -0.4 is 10.1 Å². The van der Waals surface area contributed by atoms with Gasteiger partial charge in [-0.25, -0.2) is 13.2 Å². The zero-order valence-corrected chi connectivity index (χ0v) is 18.3. The molecule has 1 aromatic rings. The molecule has 0 aromatic heterocycles. The number of carbonyl (C=O) groups excluding carboxylic acids is 1. The third kappa shape index (κ3) is 5.85. The zero-order valence-electron chi connectivity index (χ0n) is 17.4. The summed E-state index contributed by atoms with van der Waals surface area (Å²) in [6, 6.07) is 4.63. The maximum Gasteiger partial charge on any atom is 0.407 e. The van der Waals surface area contributed by atoms with E-state index < -0.39 is 21.7 Å². The summed E-state index contributed by atoms with van der Waals surface area (Å²) in [5.74, 6) is 0.684. The van der Waals surface area contributed by atoms with Crippen LogP contribution in [0.15, 0.2) is 23.1 Å². The number of nitrogens with zero attached hydrogens (tertiary/aromatic N) is 1. The molecule has 1 amide bonds. The Labute approximate surface area is 168 Å². The minimum absolute atomic E-state index is 0.226. The topological polar surface area (TPSA) is 84.9 Å². The van der Waals surface area contributed by atoms with Crippen LogP contribution >= 0.6 is 0 Å². The van der Waals surface area contributed by atoms with E-state index >= 15 is 0 Å². The first-order valence-electron chi connectivity index (χ1n) is 9.76. The summed E-state index contributed by atoms with van der Waals surface area (Å²) >= 11 is 0. The smallest absolute Gasteiger partial charge is 0.407 e. The van der Waals surface area contributed by atoms with Crippen molar-refractivity contribution in [3.63, 3.8) is 0 Å². The highest BCUT2D eigenvalue weighted by Gasteiger charge is 2.34. The van der Waals surface area contributed by atoms with Gasteiger partial charge in [0.1, 0.15) is 11.4 Å². The minimum Gasteiger partial charge on any atom is -0.494 e. The summed E-state index contributed by atoms with van der Waals surface area (Å²) in [6.45, 7) is 10.3. The molecule has 0 saturated carbocycles. The average Bonchev–Trinajstić information content (AvgIpc) is 2.60. The summed E-state index contributed by atoms with van der Waals surface area (Å²) in [5, 5.41) is 2.71. The standard InChI is InChI=1S/C20H32N2O5S/c1-6-26-18-11-10-17(13-15(18)2)28(24,25)22-12-8-7-9-16(22)14-21-19(23)27-20(3,4)5/h10-11,13,16H,6-9,12,14H2,1-5H3,(H,21,23). The first-order chi connectivity index (χ1) is 13.0. The number of carbonyl (C=O) groups is 1. The first-order valence-corrected chi connectivity index (χ1v) is 11.2. The number of rotatable bonds is 6. The molecule has 1 aliphatic rings. The van der Waals surface area contributed by atoms with Crippen LogP contribution in [0.25, 0.3) is 0 Å². The molecule has 1 aromatic carbocycles. The third-order valence-electron chi connectivity index (χ3n) is 4.51. The van der Waals surface area contributed by atoms with Crippen molar-refractivity contribution in [2.45, 2.75) is 70.4 Å². The van der Waals surface area contributed by atoms with Crippen LogP contribution in [0, 0.1) is 6.92 Å². The Balaban J connectivity index is 2.15. The highest BCUT2D eigenvalue weighted by atomic mass is 32.2. The van der Waals surface area contributed by atoms with E-state index in [4.69, 9.17) is 9.47 Å². The largest absolute Gasteiger partial charge is 0.494 e. The van der Waals surface area contributed by atoms with Crippen LogP contribution in [0.2, 0.25) is 0 Å². The summed E-state index contributed by atoms with van der Waals surface area (Å²) in [6.07, 6.45) is 1.89. The lowest BCUT2D eigenvalue weighted by atomic mass is 10.1. The fraction of sp³-hybridized carbons (Fsp3) is 0.650. The van der Waals surface area contributed by atoms with Crippen molar-refractivity contribution < 1.29 is 22.7 Å². The molecule has 7 nitrogen and oxygen atoms in total. The van der Waals surface area contributed by atoms with E-state index in [1.807, 2.05) is 13.8 Å². The SMILES string of the molecule is CCOc1ccc(S(=O)(=O)N2CCCCC2CNC(=O)OC(C)(C)C)cc1C. The van der Waals surface area contributed by atoms with E-state index in [2.05, 4.69) is 5.32 Å². The Hall–Kier alpha value is -1.80. The first kappa shape index (κ1) is 22.5. The van der Waals surface area contributed by atoms with E-state index in [0.29, 0.717) is 25.3 Å². The van der Waals surface area contributed by atoms with Gasteiger partial charge in [-0.05, 0) is 71.2 Å². The van der Waals surface area contributed by atoms with E-state index in [-0.39, 0.29) is 17.5 Å². The zero-order chi connectivity index (χ0) is 20.9. The molecule has 158 valence electrons. The van der Waals surface area contributed by atoms with E-state index in [9.17, 15) is 13.2 Å². The lowest BCUT2D eigenvalue weighted by Gasteiger charge is -2.35. The Kier molecular flexibility index (Phi) is 7.33. The molecule has 0 radical (unpaired) electrons. The number of ether oxygens (including phenoxy) is 2. The Morgan fingerprint density at radius 1 is 1.29 bits per heavy atom. The number of hydrogen-bond acceptors (Lipinski definition) is 5. The number of alkyl carbamates (subject to hydrolysis) is 1. The van der Waals surface area contributed by atoms with Crippen LogP contribution in [-0.4, -0.2) is 50.2 Å². The number of piperidine rings is 1. The van der Waals surface area contributed by atoms with Crippen molar-refractivity contribution in [1.29, 1.82) is 0 Å². The maximum atomic E-state index is 13.2. The predicted molar refractivity (Wildman–Crippen MR) is 108 cm³/mol. The number of aryl methyl sites for hydroxylation is 1. The van der Waals surface area contributed by atoms with Crippen LogP contribution in [0.3, 0.4) is 0 Å². The van der Waals surface area contributed by atoms with Gasteiger partial charge in [-0.2, -0.15) is 4.31 Å². The molecule has 1 atom stereocenters. The molecule has 1 aliphatic heterocycles. The molecule has 1 unspecified atom stereocenters. The van der Waals surface area contributed by atoms with Gasteiger partial charge in [-0.15, -0.1) is 0 Å². The highest BCUT2D eigenvalue weighted by molar-refractivity contribution is 7.89. The van der Waals surface area contributed by atoms with E-state index in [1.165, 1.54) is 4.31 Å². The molecule has 0 bridgehead atoms. The number of benzene rings is 1. The van der Waals surface area contributed by atoms with Gasteiger partial charge in [-0.3, -0.25) is 0 Å². The van der Waals surface area contributed by atoms with Gasteiger partial charge in [0.15, 0.2) is 0 Å². The third-order valence-corrected chi connectivity index (χ3v) is 6.45. The van der Waals surface area contributed by atoms with Gasteiger partial charge < -0.3 is 14.8 Å². The lowest BCUT2D eigenvalue weighted by molar-refractivity contribution is 0.0512. The molecule has 1 saturated heterocycles. The van der Waals surface area contributed by atoms with Crippen molar-refractivity contribution in [2.75, 3.05) is 19.7 Å². The van der Waals surface area contributed by atoms with Crippen LogP contribution in [0.4, 0.5) is 4.79 Å². The maximum absolute atomic E-state index is 13.2. The summed E-state index contributed by atoms with van der Waals surface area (Å²) in [7, 11) is -3.66. The Morgan fingerprint density at radius 2 is 2.00 bits per heavy atom. The van der Waals surface area contributed by atoms with Gasteiger partial charge in [-0.1, -0.05) is 6.42 Å². The van der Waals surface area contributed by atoms with Gasteiger partial charge in [0, 0.05) is 19.1 Å². The number of sulfonamides is 1. The lowest BCUT2D eigenvalue weighted by Crippen LogP contribution is -2.49. The van der Waals surface area contributed by atoms with Crippen LogP contribution in [0.1, 0.15) is 52.5 Å². The summed E-state index contributed by atoms with van der Waals surface area (Å²) < 4.78 is 38.7. The molecule has 1 fully saturated rings. The van der Waals surface area contributed by atoms with Crippen LogP contribution in [-0.2, 0) is 14.8 Å². The number of hydrogen-bond donors (Lipinski definition) is 1. The average molecular weight is 413 g/mol. The molecule has 0 spiro atoms. The molecule has 8 heteroatoms. The second kappa shape index (κ2) is 9.13. The quantitative estimate of drug-likeness (QED) is 0.773. The normalized spacial score (nSPS) is 18.5. The predicted octanol–water partition coefficient (Wildman–Crippen LogP) is 3.46. The Morgan fingerprint density at radius 3 is 2.61 bits per heavy atom. The van der Waals surface area contributed by atoms with Gasteiger partial charge >= 0.3 is 6.09 Å². The van der Waals surface area contributed by atoms with E-state index in [0.717, 1.165) is 18.4 Å². The molecule has 28 heavy (non-hydrogen) atoms. The summed E-state index contributed by atoms with van der Waals surface area (Å²) in [4.78, 5) is 12.2. The fourth-order valence-electron chi connectivity index (χ4n) is 3.24. The number of nitrogens with one attached hydrogen (secondary N) is 1. The second-order valence-electron chi connectivity index (χ2n) is 8.01. The van der Waals surface area contributed by atoms with Crippen molar-refractivity contribution in [1.82, 2.24) is 9.62 Å². The van der Waals surface area contributed by atoms with Gasteiger partial charge in [0.25, 0.3) is 0 Å². The van der Waals surface area contributed by atoms with Crippen LogP contribution in [0.5, 0.6) is 5.75 Å². The minimum atomic E-state index is -3.66.